The van der Waals surface area contributed by atoms with E-state index >= 15 is 0 Å². The molecule has 4 rings (SSSR count). The van der Waals surface area contributed by atoms with E-state index in [0.29, 0.717) is 17.9 Å². The van der Waals surface area contributed by atoms with E-state index in [1.54, 1.807) is 0 Å². The number of halogens is 2. The molecule has 1 fully saturated rings. The average Bonchev–Trinajstić information content (AvgIpc) is 2.77. The van der Waals surface area contributed by atoms with Gasteiger partial charge >= 0.3 is 5.63 Å². The number of piperidine rings is 1. The van der Waals surface area contributed by atoms with Crippen molar-refractivity contribution in [3.8, 4) is 0 Å². The number of anilines is 1. The molecule has 0 atom stereocenters. The van der Waals surface area contributed by atoms with Gasteiger partial charge in [-0.25, -0.2) is 4.79 Å². The highest BCUT2D eigenvalue weighted by Crippen LogP contribution is 2.27. The number of benzene rings is 1. The number of aryl methyl sites for hydroxylation is 2. The van der Waals surface area contributed by atoms with E-state index in [1.165, 1.54) is 11.3 Å². The zero-order valence-corrected chi connectivity index (χ0v) is 20.2. The molecule has 2 aliphatic rings. The molecule has 2 N–H and O–H groups in total. The normalized spacial score (nSPS) is 15.8. The van der Waals surface area contributed by atoms with Crippen molar-refractivity contribution in [3.05, 3.63) is 63.2 Å². The Morgan fingerprint density at radius 3 is 2.72 bits per heavy atom. The Morgan fingerprint density at radius 2 is 1.97 bits per heavy atom. The van der Waals surface area contributed by atoms with Crippen LogP contribution in [0, 0.1) is 6.92 Å². The third-order valence-corrected chi connectivity index (χ3v) is 6.23. The molecule has 2 aliphatic heterocycles. The molecule has 0 saturated carbocycles. The Kier molecular flexibility index (Phi) is 10.1. The molecule has 2 aromatic rings. The summed E-state index contributed by atoms with van der Waals surface area (Å²) in [7, 11) is 0. The second kappa shape index (κ2) is 12.3. The molecule has 1 aromatic carbocycles. The Bertz CT molecular complexity index is 958. The van der Waals surface area contributed by atoms with Gasteiger partial charge in [0, 0.05) is 31.2 Å². The molecule has 1 saturated heterocycles. The lowest BCUT2D eigenvalue weighted by Crippen LogP contribution is -2.34. The van der Waals surface area contributed by atoms with Crippen LogP contribution in [0.1, 0.15) is 58.8 Å². The number of amides is 1. The average molecular weight is 482 g/mol. The van der Waals surface area contributed by atoms with Gasteiger partial charge in [-0.05, 0) is 75.4 Å². The fourth-order valence-electron chi connectivity index (χ4n) is 4.62. The fourth-order valence-corrected chi connectivity index (χ4v) is 4.62. The number of carbonyl (C=O) groups excluding carboxylic acids is 1. The van der Waals surface area contributed by atoms with Gasteiger partial charge in [0.1, 0.15) is 11.3 Å². The summed E-state index contributed by atoms with van der Waals surface area (Å²) in [6, 6.07) is 10.4. The van der Waals surface area contributed by atoms with Crippen LogP contribution in [0.2, 0.25) is 0 Å². The Labute approximate surface area is 202 Å². The molecule has 0 spiro atoms. The van der Waals surface area contributed by atoms with Crippen LogP contribution in [0.3, 0.4) is 0 Å². The number of fused-ring (bicyclic) bond motifs is 1. The van der Waals surface area contributed by atoms with Gasteiger partial charge < -0.3 is 20.0 Å². The zero-order valence-electron chi connectivity index (χ0n) is 18.5. The van der Waals surface area contributed by atoms with Gasteiger partial charge in [-0.1, -0.05) is 18.2 Å². The highest BCUT2D eigenvalue weighted by molar-refractivity contribution is 5.95. The highest BCUT2D eigenvalue weighted by Gasteiger charge is 2.22. The molecule has 1 amide bonds. The van der Waals surface area contributed by atoms with Crippen molar-refractivity contribution in [3.63, 3.8) is 0 Å². The summed E-state index contributed by atoms with van der Waals surface area (Å²) in [5.41, 5.74) is 3.01. The molecule has 32 heavy (non-hydrogen) atoms. The molecule has 8 heteroatoms. The minimum atomic E-state index is -0.522. The van der Waals surface area contributed by atoms with E-state index in [9.17, 15) is 9.59 Å². The molecule has 0 aliphatic carbocycles. The van der Waals surface area contributed by atoms with Crippen molar-refractivity contribution < 1.29 is 9.21 Å². The van der Waals surface area contributed by atoms with Crippen LogP contribution < -0.4 is 21.2 Å². The van der Waals surface area contributed by atoms with E-state index in [0.717, 1.165) is 58.3 Å². The van der Waals surface area contributed by atoms with E-state index in [1.807, 2.05) is 13.0 Å². The number of nitrogens with zero attached hydrogens (tertiary/aromatic N) is 1. The standard InChI is InChI=1S/C24H31N3O3.2ClH/c1-17-16-21(19-9-12-25-13-10-19)30-24(29)22(17)23(28)26-11-5-15-27-14-4-7-18-6-2-3-8-20(18)27;;/h2-3,6,8,16,19,25H,4-5,7,9-15H2,1H3,(H,26,28);2*1H. The molecular weight excluding hydrogens is 449 g/mol. The molecule has 0 unspecified atom stereocenters. The third kappa shape index (κ3) is 6.06. The maximum atomic E-state index is 12.6. The lowest BCUT2D eigenvalue weighted by molar-refractivity contribution is 0.0948. The van der Waals surface area contributed by atoms with Crippen LogP contribution in [0.5, 0.6) is 0 Å². The summed E-state index contributed by atoms with van der Waals surface area (Å²) in [6.07, 6.45) is 5.03. The first kappa shape index (κ1) is 26.2. The summed E-state index contributed by atoms with van der Waals surface area (Å²) < 4.78 is 5.54. The monoisotopic (exact) mass is 481 g/mol. The Hall–Kier alpha value is -2.02. The van der Waals surface area contributed by atoms with Gasteiger partial charge in [0.15, 0.2) is 0 Å². The highest BCUT2D eigenvalue weighted by atomic mass is 35.5. The van der Waals surface area contributed by atoms with Gasteiger partial charge in [0.05, 0.1) is 0 Å². The van der Waals surface area contributed by atoms with Crippen LogP contribution in [0.4, 0.5) is 5.69 Å². The van der Waals surface area contributed by atoms with E-state index in [4.69, 9.17) is 4.42 Å². The lowest BCUT2D eigenvalue weighted by atomic mass is 9.94. The topological polar surface area (TPSA) is 74.6 Å². The first-order valence-corrected chi connectivity index (χ1v) is 11.1. The fraction of sp³-hybridized carbons (Fsp3) is 0.500. The van der Waals surface area contributed by atoms with Crippen molar-refractivity contribution in [2.75, 3.05) is 37.6 Å². The molecule has 176 valence electrons. The summed E-state index contributed by atoms with van der Waals surface area (Å²) in [5, 5.41) is 6.22. The van der Waals surface area contributed by atoms with Crippen LogP contribution in [0.25, 0.3) is 0 Å². The van der Waals surface area contributed by atoms with Crippen molar-refractivity contribution in [1.29, 1.82) is 0 Å². The number of para-hydroxylation sites is 1. The number of nitrogens with one attached hydrogen (secondary N) is 2. The quantitative estimate of drug-likeness (QED) is 0.613. The first-order chi connectivity index (χ1) is 14.6. The second-order valence-corrected chi connectivity index (χ2v) is 8.35. The maximum Gasteiger partial charge on any atom is 0.349 e. The van der Waals surface area contributed by atoms with Crippen molar-refractivity contribution in [2.45, 2.75) is 44.9 Å². The van der Waals surface area contributed by atoms with Gasteiger partial charge in [-0.2, -0.15) is 0 Å². The van der Waals surface area contributed by atoms with E-state index < -0.39 is 5.63 Å². The minimum absolute atomic E-state index is 0. The minimum Gasteiger partial charge on any atom is -0.427 e. The Balaban J connectivity index is 0.00000181. The van der Waals surface area contributed by atoms with Crippen molar-refractivity contribution in [1.82, 2.24) is 10.6 Å². The molecule has 3 heterocycles. The zero-order chi connectivity index (χ0) is 20.9. The smallest absolute Gasteiger partial charge is 0.349 e. The predicted molar refractivity (Wildman–Crippen MR) is 133 cm³/mol. The Morgan fingerprint density at radius 1 is 1.22 bits per heavy atom. The number of hydrogen-bond donors (Lipinski definition) is 2. The number of hydrogen-bond acceptors (Lipinski definition) is 5. The van der Waals surface area contributed by atoms with Gasteiger partial charge in [-0.3, -0.25) is 4.79 Å². The maximum absolute atomic E-state index is 12.6. The third-order valence-electron chi connectivity index (χ3n) is 6.23. The van der Waals surface area contributed by atoms with Gasteiger partial charge in [0.2, 0.25) is 0 Å². The van der Waals surface area contributed by atoms with Crippen LogP contribution >= 0.6 is 24.8 Å². The molecule has 1 aromatic heterocycles. The van der Waals surface area contributed by atoms with Crippen LogP contribution in [-0.2, 0) is 6.42 Å². The van der Waals surface area contributed by atoms with Gasteiger partial charge in [0.25, 0.3) is 5.91 Å². The number of carbonyl (C=O) groups is 1. The molecule has 0 bridgehead atoms. The number of rotatable bonds is 6. The first-order valence-electron chi connectivity index (χ1n) is 11.1. The van der Waals surface area contributed by atoms with E-state index in [-0.39, 0.29) is 42.2 Å². The predicted octanol–water partition coefficient (Wildman–Crippen LogP) is 3.83. The summed E-state index contributed by atoms with van der Waals surface area (Å²) in [5.74, 6) is 0.624. The summed E-state index contributed by atoms with van der Waals surface area (Å²) in [4.78, 5) is 27.5. The van der Waals surface area contributed by atoms with Crippen LogP contribution in [-0.4, -0.2) is 38.6 Å². The molecule has 6 nitrogen and oxygen atoms in total. The summed E-state index contributed by atoms with van der Waals surface area (Å²) >= 11 is 0. The second-order valence-electron chi connectivity index (χ2n) is 8.35. The lowest BCUT2D eigenvalue weighted by Gasteiger charge is -2.31. The molecule has 0 radical (unpaired) electrons. The van der Waals surface area contributed by atoms with Crippen molar-refractivity contribution >= 4 is 36.4 Å². The van der Waals surface area contributed by atoms with Gasteiger partial charge in [-0.15, -0.1) is 24.8 Å². The summed E-state index contributed by atoms with van der Waals surface area (Å²) in [6.45, 7) is 6.15. The van der Waals surface area contributed by atoms with Crippen molar-refractivity contribution in [2.24, 2.45) is 0 Å². The van der Waals surface area contributed by atoms with E-state index in [2.05, 4.69) is 39.8 Å². The SMILES string of the molecule is Cc1cc(C2CCNCC2)oc(=O)c1C(=O)NCCCN1CCCc2ccccc21.Cl.Cl. The van der Waals surface area contributed by atoms with Crippen LogP contribution in [0.15, 0.2) is 39.5 Å². The largest absolute Gasteiger partial charge is 0.427 e. The molecular formula is C24H33Cl2N3O3.